The minimum absolute atomic E-state index is 0.101. The third-order valence-electron chi connectivity index (χ3n) is 5.27. The van der Waals surface area contributed by atoms with Crippen molar-refractivity contribution in [1.29, 1.82) is 0 Å². The largest absolute Gasteiger partial charge is 0.486 e. The summed E-state index contributed by atoms with van der Waals surface area (Å²) in [6.07, 6.45) is 5.57. The molecular formula is C18H25N3O3. The van der Waals surface area contributed by atoms with Crippen LogP contribution in [-0.2, 0) is 11.2 Å². The minimum Gasteiger partial charge on any atom is -0.486 e. The summed E-state index contributed by atoms with van der Waals surface area (Å²) < 4.78 is 11.1. The molecule has 0 aromatic heterocycles. The molecule has 2 aliphatic heterocycles. The van der Waals surface area contributed by atoms with Crippen molar-refractivity contribution < 1.29 is 14.3 Å². The Morgan fingerprint density at radius 2 is 1.96 bits per heavy atom. The molecule has 4 rings (SSSR count). The lowest BCUT2D eigenvalue weighted by molar-refractivity contribution is -0.123. The van der Waals surface area contributed by atoms with Gasteiger partial charge in [0.1, 0.15) is 19.3 Å². The van der Waals surface area contributed by atoms with Gasteiger partial charge in [0.05, 0.1) is 0 Å². The molecule has 3 atom stereocenters. The van der Waals surface area contributed by atoms with Crippen molar-refractivity contribution in [1.82, 2.24) is 16.2 Å². The predicted molar refractivity (Wildman–Crippen MR) is 90.0 cm³/mol. The third-order valence-corrected chi connectivity index (χ3v) is 5.27. The van der Waals surface area contributed by atoms with Crippen molar-refractivity contribution in [2.45, 2.75) is 44.2 Å². The fraction of sp³-hybridized carbons (Fsp3) is 0.611. The van der Waals surface area contributed by atoms with Crippen LogP contribution < -0.4 is 25.6 Å². The summed E-state index contributed by atoms with van der Waals surface area (Å²) in [4.78, 5) is 12.5. The molecule has 3 aliphatic rings. The lowest BCUT2D eigenvalue weighted by Gasteiger charge is -2.26. The molecule has 6 nitrogen and oxygen atoms in total. The highest BCUT2D eigenvalue weighted by atomic mass is 16.6. The second-order valence-corrected chi connectivity index (χ2v) is 6.84. The Bertz CT molecular complexity index is 607. The standard InChI is InChI=1S/C18H25N3O3/c22-18(17-13-3-1-2-4-14(13)20-21-17)19-8-7-12-5-6-15-16(11-12)24-10-9-23-15/h5-6,11,13-14,17,20-21H,1-4,7-10H2,(H,19,22). The minimum atomic E-state index is -0.101. The molecule has 1 aromatic carbocycles. The molecule has 6 heteroatoms. The van der Waals surface area contributed by atoms with Gasteiger partial charge in [-0.05, 0) is 37.0 Å². The van der Waals surface area contributed by atoms with E-state index in [9.17, 15) is 4.79 Å². The van der Waals surface area contributed by atoms with Gasteiger partial charge in [-0.3, -0.25) is 10.2 Å². The maximum atomic E-state index is 12.5. The van der Waals surface area contributed by atoms with Crippen LogP contribution in [0.25, 0.3) is 0 Å². The van der Waals surface area contributed by atoms with E-state index in [1.807, 2.05) is 18.2 Å². The van der Waals surface area contributed by atoms with E-state index in [1.165, 1.54) is 19.3 Å². The van der Waals surface area contributed by atoms with Crippen molar-refractivity contribution >= 4 is 5.91 Å². The van der Waals surface area contributed by atoms with Crippen LogP contribution in [0, 0.1) is 5.92 Å². The van der Waals surface area contributed by atoms with Crippen molar-refractivity contribution in [2.75, 3.05) is 19.8 Å². The zero-order valence-electron chi connectivity index (χ0n) is 13.8. The van der Waals surface area contributed by atoms with Crippen molar-refractivity contribution in [3.05, 3.63) is 23.8 Å². The zero-order valence-corrected chi connectivity index (χ0v) is 13.8. The van der Waals surface area contributed by atoms with Crippen molar-refractivity contribution in [2.24, 2.45) is 5.92 Å². The van der Waals surface area contributed by atoms with Crippen LogP contribution in [-0.4, -0.2) is 37.7 Å². The molecular weight excluding hydrogens is 306 g/mol. The summed E-state index contributed by atoms with van der Waals surface area (Å²) in [5, 5.41) is 3.07. The summed E-state index contributed by atoms with van der Waals surface area (Å²) in [6.45, 7) is 1.83. The topological polar surface area (TPSA) is 71.6 Å². The Morgan fingerprint density at radius 3 is 2.88 bits per heavy atom. The van der Waals surface area contributed by atoms with Crippen LogP contribution in [0.4, 0.5) is 0 Å². The average molecular weight is 331 g/mol. The van der Waals surface area contributed by atoms with Crippen LogP contribution in [0.1, 0.15) is 31.2 Å². The normalized spacial score (nSPS) is 28.2. The first-order valence-electron chi connectivity index (χ1n) is 8.98. The predicted octanol–water partition coefficient (Wildman–Crippen LogP) is 1.15. The molecule has 1 saturated heterocycles. The van der Waals surface area contributed by atoms with E-state index < -0.39 is 0 Å². The van der Waals surface area contributed by atoms with Gasteiger partial charge in [-0.1, -0.05) is 18.9 Å². The number of hydrogen-bond acceptors (Lipinski definition) is 5. The van der Waals surface area contributed by atoms with E-state index in [0.29, 0.717) is 31.7 Å². The van der Waals surface area contributed by atoms with Gasteiger partial charge in [0, 0.05) is 18.5 Å². The first-order valence-corrected chi connectivity index (χ1v) is 8.98. The number of fused-ring (bicyclic) bond motifs is 2. The van der Waals surface area contributed by atoms with Gasteiger partial charge in [-0.15, -0.1) is 0 Å². The summed E-state index contributed by atoms with van der Waals surface area (Å²) in [6, 6.07) is 6.34. The molecule has 0 bridgehead atoms. The highest BCUT2D eigenvalue weighted by Gasteiger charge is 2.40. The summed E-state index contributed by atoms with van der Waals surface area (Å²) in [7, 11) is 0. The van der Waals surface area contributed by atoms with Crippen LogP contribution >= 0.6 is 0 Å². The van der Waals surface area contributed by atoms with Crippen molar-refractivity contribution in [3.63, 3.8) is 0 Å². The van der Waals surface area contributed by atoms with Crippen LogP contribution in [0.5, 0.6) is 11.5 Å². The fourth-order valence-corrected chi connectivity index (χ4v) is 3.98. The summed E-state index contributed by atoms with van der Waals surface area (Å²) in [5.74, 6) is 2.14. The average Bonchev–Trinajstić information content (AvgIpc) is 3.06. The van der Waals surface area contributed by atoms with Gasteiger partial charge in [0.15, 0.2) is 11.5 Å². The molecule has 0 spiro atoms. The lowest BCUT2D eigenvalue weighted by atomic mass is 9.81. The van der Waals surface area contributed by atoms with E-state index in [1.54, 1.807) is 0 Å². The van der Waals surface area contributed by atoms with Crippen LogP contribution in [0.15, 0.2) is 18.2 Å². The van der Waals surface area contributed by atoms with E-state index in [2.05, 4.69) is 16.2 Å². The Kier molecular flexibility index (Phi) is 4.58. The van der Waals surface area contributed by atoms with Gasteiger partial charge in [0.25, 0.3) is 0 Å². The number of hydrazine groups is 1. The second-order valence-electron chi connectivity index (χ2n) is 6.84. The highest BCUT2D eigenvalue weighted by Crippen LogP contribution is 2.31. The Hall–Kier alpha value is -1.79. The number of amides is 1. The number of ether oxygens (including phenoxy) is 2. The fourth-order valence-electron chi connectivity index (χ4n) is 3.98. The number of carbonyl (C=O) groups is 1. The number of hydrogen-bond donors (Lipinski definition) is 3. The molecule has 1 aromatic rings. The number of nitrogens with one attached hydrogen (secondary N) is 3. The van der Waals surface area contributed by atoms with E-state index >= 15 is 0 Å². The van der Waals surface area contributed by atoms with Gasteiger partial charge in [-0.25, -0.2) is 5.43 Å². The molecule has 1 amide bonds. The molecule has 2 fully saturated rings. The molecule has 1 saturated carbocycles. The Labute approximate surface area is 142 Å². The molecule has 24 heavy (non-hydrogen) atoms. The van der Waals surface area contributed by atoms with Gasteiger partial charge < -0.3 is 14.8 Å². The second kappa shape index (κ2) is 6.99. The molecule has 3 unspecified atom stereocenters. The van der Waals surface area contributed by atoms with E-state index in [0.717, 1.165) is 29.9 Å². The van der Waals surface area contributed by atoms with E-state index in [4.69, 9.17) is 9.47 Å². The summed E-state index contributed by atoms with van der Waals surface area (Å²) in [5.41, 5.74) is 7.63. The smallest absolute Gasteiger partial charge is 0.238 e. The van der Waals surface area contributed by atoms with Gasteiger partial charge in [0.2, 0.25) is 5.91 Å². The quantitative estimate of drug-likeness (QED) is 0.772. The Morgan fingerprint density at radius 1 is 1.12 bits per heavy atom. The third kappa shape index (κ3) is 3.21. The molecule has 3 N–H and O–H groups in total. The number of carbonyl (C=O) groups excluding carboxylic acids is 1. The molecule has 130 valence electrons. The zero-order chi connectivity index (χ0) is 16.4. The maximum Gasteiger partial charge on any atom is 0.238 e. The SMILES string of the molecule is O=C(NCCc1ccc2c(c1)OCCO2)C1NNC2CCCCC21. The summed E-state index contributed by atoms with van der Waals surface area (Å²) >= 11 is 0. The number of benzene rings is 1. The molecule has 2 heterocycles. The first-order chi connectivity index (χ1) is 11.8. The lowest BCUT2D eigenvalue weighted by Crippen LogP contribution is -2.46. The maximum absolute atomic E-state index is 12.5. The van der Waals surface area contributed by atoms with Crippen LogP contribution in [0.3, 0.4) is 0 Å². The highest BCUT2D eigenvalue weighted by molar-refractivity contribution is 5.82. The van der Waals surface area contributed by atoms with Crippen molar-refractivity contribution in [3.8, 4) is 11.5 Å². The first kappa shape index (κ1) is 15.7. The molecule has 0 radical (unpaired) electrons. The van der Waals surface area contributed by atoms with Gasteiger partial charge in [-0.2, -0.15) is 0 Å². The van der Waals surface area contributed by atoms with Gasteiger partial charge >= 0.3 is 0 Å². The monoisotopic (exact) mass is 331 g/mol. The van der Waals surface area contributed by atoms with E-state index in [-0.39, 0.29) is 11.9 Å². The molecule has 1 aliphatic carbocycles. The Balaban J connectivity index is 1.28. The number of rotatable bonds is 4. The van der Waals surface area contributed by atoms with Crippen LogP contribution in [0.2, 0.25) is 0 Å².